The second-order valence-corrected chi connectivity index (χ2v) is 2.86. The van der Waals surface area contributed by atoms with Crippen molar-refractivity contribution in [2.45, 2.75) is 6.04 Å². The van der Waals surface area contributed by atoms with Crippen LogP contribution in [-0.2, 0) is 0 Å². The highest BCUT2D eigenvalue weighted by Crippen LogP contribution is 2.09. The SMILES string of the molecule is CNc1cccc(NC(CO)CO)n1. The van der Waals surface area contributed by atoms with Crippen LogP contribution in [0.2, 0.25) is 0 Å². The highest BCUT2D eigenvalue weighted by atomic mass is 16.3. The van der Waals surface area contributed by atoms with Crippen molar-refractivity contribution in [3.8, 4) is 0 Å². The molecule has 4 N–H and O–H groups in total. The minimum Gasteiger partial charge on any atom is -0.394 e. The molecule has 0 atom stereocenters. The van der Waals surface area contributed by atoms with Gasteiger partial charge in [0.25, 0.3) is 0 Å². The summed E-state index contributed by atoms with van der Waals surface area (Å²) in [6.45, 7) is -0.246. The molecule has 14 heavy (non-hydrogen) atoms. The second-order valence-electron chi connectivity index (χ2n) is 2.86. The van der Waals surface area contributed by atoms with Crippen LogP contribution in [-0.4, -0.2) is 41.5 Å². The fourth-order valence-corrected chi connectivity index (χ4v) is 1.01. The Balaban J connectivity index is 2.65. The van der Waals surface area contributed by atoms with Gasteiger partial charge in [-0.05, 0) is 12.1 Å². The van der Waals surface area contributed by atoms with Gasteiger partial charge in [-0.1, -0.05) is 6.07 Å². The normalized spacial score (nSPS) is 10.3. The summed E-state index contributed by atoms with van der Waals surface area (Å²) in [4.78, 5) is 4.18. The number of rotatable bonds is 5. The Morgan fingerprint density at radius 2 is 1.93 bits per heavy atom. The molecule has 1 aromatic heterocycles. The maximum Gasteiger partial charge on any atom is 0.128 e. The summed E-state index contributed by atoms with van der Waals surface area (Å²) in [6, 6.07) is 5.08. The fraction of sp³-hybridized carbons (Fsp3) is 0.444. The molecule has 0 radical (unpaired) electrons. The van der Waals surface area contributed by atoms with Crippen molar-refractivity contribution in [2.24, 2.45) is 0 Å². The van der Waals surface area contributed by atoms with E-state index in [4.69, 9.17) is 10.2 Å². The van der Waals surface area contributed by atoms with Crippen LogP contribution < -0.4 is 10.6 Å². The van der Waals surface area contributed by atoms with Gasteiger partial charge in [0.05, 0.1) is 19.3 Å². The number of hydrogen-bond acceptors (Lipinski definition) is 5. The second kappa shape index (κ2) is 5.41. The monoisotopic (exact) mass is 197 g/mol. The molecule has 5 nitrogen and oxygen atoms in total. The molecule has 0 saturated heterocycles. The third kappa shape index (κ3) is 2.86. The third-order valence-corrected chi connectivity index (χ3v) is 1.80. The van der Waals surface area contributed by atoms with Crippen molar-refractivity contribution in [1.29, 1.82) is 0 Å². The summed E-state index contributed by atoms with van der Waals surface area (Å²) in [6.07, 6.45) is 0. The Bertz CT molecular complexity index is 277. The number of aromatic nitrogens is 1. The van der Waals surface area contributed by atoms with Crippen LogP contribution in [0.15, 0.2) is 18.2 Å². The van der Waals surface area contributed by atoms with Crippen LogP contribution in [0.1, 0.15) is 0 Å². The molecule has 1 aromatic rings. The zero-order valence-electron chi connectivity index (χ0n) is 8.07. The van der Waals surface area contributed by atoms with E-state index in [0.717, 1.165) is 5.82 Å². The molecule has 0 aliphatic rings. The van der Waals surface area contributed by atoms with E-state index in [0.29, 0.717) is 5.82 Å². The van der Waals surface area contributed by atoms with Gasteiger partial charge in [0.15, 0.2) is 0 Å². The molecule has 0 aromatic carbocycles. The van der Waals surface area contributed by atoms with E-state index in [1.54, 1.807) is 13.1 Å². The predicted molar refractivity (Wildman–Crippen MR) is 55.4 cm³/mol. The van der Waals surface area contributed by atoms with Gasteiger partial charge in [-0.15, -0.1) is 0 Å². The third-order valence-electron chi connectivity index (χ3n) is 1.80. The zero-order chi connectivity index (χ0) is 10.4. The van der Waals surface area contributed by atoms with E-state index in [1.165, 1.54) is 0 Å². The van der Waals surface area contributed by atoms with E-state index in [-0.39, 0.29) is 19.3 Å². The summed E-state index contributed by atoms with van der Waals surface area (Å²) in [5.74, 6) is 1.37. The molecule has 0 bridgehead atoms. The molecule has 1 heterocycles. The van der Waals surface area contributed by atoms with Gasteiger partial charge in [0.2, 0.25) is 0 Å². The number of hydrogen-bond donors (Lipinski definition) is 4. The quantitative estimate of drug-likeness (QED) is 0.530. The molecular formula is C9H15N3O2. The Hall–Kier alpha value is -1.33. The highest BCUT2D eigenvalue weighted by Gasteiger charge is 2.05. The minimum atomic E-state index is -0.366. The molecule has 0 amide bonds. The van der Waals surface area contributed by atoms with Crippen molar-refractivity contribution in [3.05, 3.63) is 18.2 Å². The van der Waals surface area contributed by atoms with Gasteiger partial charge >= 0.3 is 0 Å². The molecule has 0 spiro atoms. The molecular weight excluding hydrogens is 182 g/mol. The van der Waals surface area contributed by atoms with Crippen LogP contribution in [0.3, 0.4) is 0 Å². The summed E-state index contributed by atoms with van der Waals surface area (Å²) in [5, 5.41) is 23.5. The van der Waals surface area contributed by atoms with Crippen LogP contribution in [0, 0.1) is 0 Å². The van der Waals surface area contributed by atoms with Crippen molar-refractivity contribution < 1.29 is 10.2 Å². The van der Waals surface area contributed by atoms with E-state index in [9.17, 15) is 0 Å². The summed E-state index contributed by atoms with van der Waals surface area (Å²) in [7, 11) is 1.78. The number of aliphatic hydroxyl groups excluding tert-OH is 2. The van der Waals surface area contributed by atoms with Gasteiger partial charge in [0, 0.05) is 7.05 Å². The average molecular weight is 197 g/mol. The average Bonchev–Trinajstić information content (AvgIpc) is 2.26. The fourth-order valence-electron chi connectivity index (χ4n) is 1.01. The maximum absolute atomic E-state index is 8.85. The lowest BCUT2D eigenvalue weighted by atomic mass is 10.3. The Morgan fingerprint density at radius 1 is 1.29 bits per heavy atom. The maximum atomic E-state index is 8.85. The number of nitrogens with zero attached hydrogens (tertiary/aromatic N) is 1. The van der Waals surface area contributed by atoms with Crippen LogP contribution in [0.4, 0.5) is 11.6 Å². The van der Waals surface area contributed by atoms with Crippen LogP contribution >= 0.6 is 0 Å². The summed E-state index contributed by atoms with van der Waals surface area (Å²) in [5.41, 5.74) is 0. The van der Waals surface area contributed by atoms with E-state index in [2.05, 4.69) is 15.6 Å². The first-order valence-corrected chi connectivity index (χ1v) is 4.43. The van der Waals surface area contributed by atoms with Crippen molar-refractivity contribution in [3.63, 3.8) is 0 Å². The molecule has 78 valence electrons. The number of nitrogens with one attached hydrogen (secondary N) is 2. The number of pyridine rings is 1. The first kappa shape index (κ1) is 10.7. The molecule has 0 fully saturated rings. The Labute approximate surface area is 82.8 Å². The predicted octanol–water partition coefficient (Wildman–Crippen LogP) is -0.112. The first-order chi connectivity index (χ1) is 6.80. The molecule has 0 aliphatic carbocycles. The van der Waals surface area contributed by atoms with Crippen LogP contribution in [0.5, 0.6) is 0 Å². The van der Waals surface area contributed by atoms with Gasteiger partial charge in [-0.3, -0.25) is 0 Å². The van der Waals surface area contributed by atoms with Crippen molar-refractivity contribution >= 4 is 11.6 Å². The van der Waals surface area contributed by atoms with E-state index >= 15 is 0 Å². The van der Waals surface area contributed by atoms with Crippen LogP contribution in [0.25, 0.3) is 0 Å². The standard InChI is InChI=1S/C9H15N3O2/c1-10-8-3-2-4-9(12-8)11-7(5-13)6-14/h2-4,7,13-14H,5-6H2,1H3,(H2,10,11,12). The summed E-state index contributed by atoms with van der Waals surface area (Å²) < 4.78 is 0. The Morgan fingerprint density at radius 3 is 2.50 bits per heavy atom. The van der Waals surface area contributed by atoms with E-state index in [1.807, 2.05) is 12.1 Å². The molecule has 5 heteroatoms. The summed E-state index contributed by atoms with van der Waals surface area (Å²) >= 11 is 0. The lowest BCUT2D eigenvalue weighted by Crippen LogP contribution is -2.28. The lowest BCUT2D eigenvalue weighted by Gasteiger charge is -2.14. The van der Waals surface area contributed by atoms with Gasteiger partial charge in [-0.25, -0.2) is 4.98 Å². The smallest absolute Gasteiger partial charge is 0.128 e. The first-order valence-electron chi connectivity index (χ1n) is 4.43. The molecule has 0 saturated carbocycles. The van der Waals surface area contributed by atoms with Gasteiger partial charge < -0.3 is 20.8 Å². The van der Waals surface area contributed by atoms with Crippen molar-refractivity contribution in [1.82, 2.24) is 4.98 Å². The van der Waals surface area contributed by atoms with E-state index < -0.39 is 0 Å². The van der Waals surface area contributed by atoms with Crippen molar-refractivity contribution in [2.75, 3.05) is 30.9 Å². The topological polar surface area (TPSA) is 77.4 Å². The minimum absolute atomic E-state index is 0.123. The lowest BCUT2D eigenvalue weighted by molar-refractivity contribution is 0.203. The Kier molecular flexibility index (Phi) is 4.15. The van der Waals surface area contributed by atoms with Gasteiger partial charge in [-0.2, -0.15) is 0 Å². The van der Waals surface area contributed by atoms with Gasteiger partial charge in [0.1, 0.15) is 11.6 Å². The number of aliphatic hydroxyl groups is 2. The largest absolute Gasteiger partial charge is 0.394 e. The molecule has 0 unspecified atom stereocenters. The molecule has 0 aliphatic heterocycles. The molecule has 1 rings (SSSR count). The number of anilines is 2. The highest BCUT2D eigenvalue weighted by molar-refractivity contribution is 5.45. The zero-order valence-corrected chi connectivity index (χ0v) is 8.07.